The molecule has 0 bridgehead atoms. The van der Waals surface area contributed by atoms with Gasteiger partial charge >= 0.3 is 0 Å². The number of amides is 1. The molecule has 2 N–H and O–H groups in total. The van der Waals surface area contributed by atoms with Crippen LogP contribution in [0.5, 0.6) is 0 Å². The second-order valence-corrected chi connectivity index (χ2v) is 4.31. The second kappa shape index (κ2) is 5.37. The van der Waals surface area contributed by atoms with Gasteiger partial charge in [0.25, 0.3) is 5.91 Å². The zero-order valence-corrected chi connectivity index (χ0v) is 9.72. The zero-order chi connectivity index (χ0) is 11.4. The summed E-state index contributed by atoms with van der Waals surface area (Å²) in [6, 6.07) is 3.68. The lowest BCUT2D eigenvalue weighted by molar-refractivity contribution is 0.0925. The molecule has 1 saturated heterocycles. The second-order valence-electron chi connectivity index (χ2n) is 3.94. The van der Waals surface area contributed by atoms with Gasteiger partial charge < -0.3 is 15.1 Å². The molecule has 2 heterocycles. The van der Waals surface area contributed by atoms with E-state index in [0.29, 0.717) is 12.6 Å². The van der Waals surface area contributed by atoms with Crippen molar-refractivity contribution in [1.82, 2.24) is 10.6 Å². The molecular weight excluding hydrogens is 228 g/mol. The molecule has 1 aromatic rings. The third-order valence-electron chi connectivity index (χ3n) is 2.74. The molecule has 5 heteroatoms. The molecule has 0 unspecified atom stereocenters. The highest BCUT2D eigenvalue weighted by Crippen LogP contribution is 2.13. The molecule has 1 aliphatic heterocycles. The van der Waals surface area contributed by atoms with Gasteiger partial charge in [-0.15, -0.1) is 0 Å². The van der Waals surface area contributed by atoms with Crippen molar-refractivity contribution >= 4 is 17.5 Å². The molecule has 4 nitrogen and oxygen atoms in total. The van der Waals surface area contributed by atoms with Gasteiger partial charge in [-0.05, 0) is 49.5 Å². The van der Waals surface area contributed by atoms with Crippen LogP contribution in [0.2, 0.25) is 5.22 Å². The van der Waals surface area contributed by atoms with E-state index >= 15 is 0 Å². The Morgan fingerprint density at radius 1 is 1.62 bits per heavy atom. The lowest BCUT2D eigenvalue weighted by atomic mass is 10.1. The van der Waals surface area contributed by atoms with Gasteiger partial charge in [0.05, 0.1) is 0 Å². The van der Waals surface area contributed by atoms with Crippen LogP contribution >= 0.6 is 11.6 Å². The van der Waals surface area contributed by atoms with Crippen molar-refractivity contribution in [2.75, 3.05) is 13.1 Å². The number of carbonyl (C=O) groups excluding carboxylic acids is 1. The topological polar surface area (TPSA) is 54.3 Å². The monoisotopic (exact) mass is 242 g/mol. The summed E-state index contributed by atoms with van der Waals surface area (Å²) in [6.45, 7) is 1.75. The number of furan rings is 1. The summed E-state index contributed by atoms with van der Waals surface area (Å²) in [6.07, 6.45) is 3.38. The van der Waals surface area contributed by atoms with Gasteiger partial charge in [0, 0.05) is 12.6 Å². The first-order valence-corrected chi connectivity index (χ1v) is 5.90. The molecule has 1 aliphatic rings. The van der Waals surface area contributed by atoms with Gasteiger partial charge in [0.15, 0.2) is 11.0 Å². The van der Waals surface area contributed by atoms with Gasteiger partial charge in [0.2, 0.25) is 0 Å². The Morgan fingerprint density at radius 3 is 3.12 bits per heavy atom. The SMILES string of the molecule is O=C(NCC[C@@H]1CCCN1)c1ccc(Cl)o1. The number of hydrogen-bond donors (Lipinski definition) is 2. The number of carbonyl (C=O) groups is 1. The van der Waals surface area contributed by atoms with Crippen LogP contribution in [0.3, 0.4) is 0 Å². The molecule has 1 fully saturated rings. The first-order chi connectivity index (χ1) is 7.75. The fourth-order valence-electron chi connectivity index (χ4n) is 1.89. The van der Waals surface area contributed by atoms with Crippen molar-refractivity contribution in [2.24, 2.45) is 0 Å². The maximum atomic E-state index is 11.5. The van der Waals surface area contributed by atoms with E-state index < -0.39 is 0 Å². The average Bonchev–Trinajstić information content (AvgIpc) is 2.89. The Morgan fingerprint density at radius 2 is 2.50 bits per heavy atom. The Hall–Kier alpha value is -1.00. The van der Waals surface area contributed by atoms with Crippen LogP contribution < -0.4 is 10.6 Å². The highest BCUT2D eigenvalue weighted by molar-refractivity contribution is 6.29. The van der Waals surface area contributed by atoms with Crippen LogP contribution in [0.15, 0.2) is 16.5 Å². The van der Waals surface area contributed by atoms with E-state index in [2.05, 4.69) is 10.6 Å². The molecule has 16 heavy (non-hydrogen) atoms. The molecule has 2 rings (SSSR count). The largest absolute Gasteiger partial charge is 0.440 e. The molecule has 0 radical (unpaired) electrons. The first-order valence-electron chi connectivity index (χ1n) is 5.52. The van der Waals surface area contributed by atoms with Crippen LogP contribution in [0.4, 0.5) is 0 Å². The lowest BCUT2D eigenvalue weighted by Gasteiger charge is -2.09. The Bertz CT molecular complexity index is 359. The fourth-order valence-corrected chi connectivity index (χ4v) is 2.03. The van der Waals surface area contributed by atoms with Gasteiger partial charge in [-0.2, -0.15) is 0 Å². The Balaban J connectivity index is 1.71. The standard InChI is InChI=1S/C11H15ClN2O2/c12-10-4-3-9(16-10)11(15)14-7-5-8-2-1-6-13-8/h3-4,8,13H,1-2,5-7H2,(H,14,15)/t8-/m0/s1. The molecule has 0 spiro atoms. The smallest absolute Gasteiger partial charge is 0.287 e. The number of halogens is 1. The van der Waals surface area contributed by atoms with Crippen LogP contribution in [0.1, 0.15) is 29.8 Å². The Kier molecular flexibility index (Phi) is 3.85. The summed E-state index contributed by atoms with van der Waals surface area (Å²) < 4.78 is 5.01. The number of hydrogen-bond acceptors (Lipinski definition) is 3. The van der Waals surface area contributed by atoms with Crippen molar-refractivity contribution in [1.29, 1.82) is 0 Å². The van der Waals surface area contributed by atoms with Gasteiger partial charge in [0.1, 0.15) is 0 Å². The molecule has 1 amide bonds. The van der Waals surface area contributed by atoms with Gasteiger partial charge in [-0.1, -0.05) is 0 Å². The Labute approximate surface area is 99.3 Å². The predicted molar refractivity (Wildman–Crippen MR) is 61.7 cm³/mol. The maximum absolute atomic E-state index is 11.5. The van der Waals surface area contributed by atoms with E-state index in [-0.39, 0.29) is 16.9 Å². The zero-order valence-electron chi connectivity index (χ0n) is 8.96. The van der Waals surface area contributed by atoms with Crippen molar-refractivity contribution in [3.05, 3.63) is 23.1 Å². The van der Waals surface area contributed by atoms with Crippen molar-refractivity contribution in [3.63, 3.8) is 0 Å². The summed E-state index contributed by atoms with van der Waals surface area (Å²) >= 11 is 5.59. The minimum absolute atomic E-state index is 0.204. The van der Waals surface area contributed by atoms with Crippen molar-refractivity contribution in [2.45, 2.75) is 25.3 Å². The molecule has 0 saturated carbocycles. The summed E-state index contributed by atoms with van der Waals surface area (Å²) in [7, 11) is 0. The van der Waals surface area contributed by atoms with E-state index in [0.717, 1.165) is 13.0 Å². The van der Waals surface area contributed by atoms with Gasteiger partial charge in [-0.3, -0.25) is 4.79 Å². The van der Waals surface area contributed by atoms with E-state index in [4.69, 9.17) is 16.0 Å². The summed E-state index contributed by atoms with van der Waals surface area (Å²) in [4.78, 5) is 11.5. The normalized spacial score (nSPS) is 19.9. The minimum Gasteiger partial charge on any atom is -0.440 e. The summed E-state index contributed by atoms with van der Waals surface area (Å²) in [5.41, 5.74) is 0. The summed E-state index contributed by atoms with van der Waals surface area (Å²) in [5.74, 6) is 0.0641. The van der Waals surface area contributed by atoms with Crippen molar-refractivity contribution < 1.29 is 9.21 Å². The minimum atomic E-state index is -0.204. The predicted octanol–water partition coefficient (Wildman–Crippen LogP) is 1.80. The van der Waals surface area contributed by atoms with E-state index in [1.165, 1.54) is 12.8 Å². The molecule has 88 valence electrons. The third-order valence-corrected chi connectivity index (χ3v) is 2.94. The molecule has 0 aromatic carbocycles. The molecule has 1 aromatic heterocycles. The first kappa shape index (κ1) is 11.5. The lowest BCUT2D eigenvalue weighted by Crippen LogP contribution is -2.30. The number of rotatable bonds is 4. The quantitative estimate of drug-likeness (QED) is 0.847. The van der Waals surface area contributed by atoms with Crippen LogP contribution in [0.25, 0.3) is 0 Å². The maximum Gasteiger partial charge on any atom is 0.287 e. The summed E-state index contributed by atoms with van der Waals surface area (Å²) in [5, 5.41) is 6.42. The average molecular weight is 243 g/mol. The molecular formula is C11H15ClN2O2. The highest BCUT2D eigenvalue weighted by Gasteiger charge is 2.15. The highest BCUT2D eigenvalue weighted by atomic mass is 35.5. The van der Waals surface area contributed by atoms with Gasteiger partial charge in [-0.25, -0.2) is 0 Å². The van der Waals surface area contributed by atoms with Crippen molar-refractivity contribution in [3.8, 4) is 0 Å². The van der Waals surface area contributed by atoms with Crippen LogP contribution in [-0.4, -0.2) is 25.0 Å². The van der Waals surface area contributed by atoms with E-state index in [1.54, 1.807) is 12.1 Å². The molecule has 1 atom stereocenters. The number of nitrogens with one attached hydrogen (secondary N) is 2. The fraction of sp³-hybridized carbons (Fsp3) is 0.545. The van der Waals surface area contributed by atoms with Crippen LogP contribution in [-0.2, 0) is 0 Å². The van der Waals surface area contributed by atoms with Crippen LogP contribution in [0, 0.1) is 0 Å². The molecule has 0 aliphatic carbocycles. The van der Waals surface area contributed by atoms with E-state index in [9.17, 15) is 4.79 Å². The van der Waals surface area contributed by atoms with E-state index in [1.807, 2.05) is 0 Å². The third kappa shape index (κ3) is 3.00.